The largest absolute Gasteiger partial charge is 0.334 e. The predicted octanol–water partition coefficient (Wildman–Crippen LogP) is 15.8. The van der Waals surface area contributed by atoms with E-state index in [4.69, 9.17) is 0 Å². The van der Waals surface area contributed by atoms with E-state index in [2.05, 4.69) is 246 Å². The van der Waals surface area contributed by atoms with E-state index in [1.807, 2.05) is 0 Å². The molecule has 0 fully saturated rings. The number of nitrogens with zero attached hydrogens (tertiary/aromatic N) is 2. The third-order valence-corrected chi connectivity index (χ3v) is 13.3. The van der Waals surface area contributed by atoms with Crippen LogP contribution in [0.15, 0.2) is 237 Å². The van der Waals surface area contributed by atoms with Gasteiger partial charge in [-0.3, -0.25) is 0 Å². The SMILES string of the molecule is C1=CC2c3ccccc3N(c3ccc(-c4ccc5c6ccc(N(c7ccc(-c8ccccc8)cc7)C7C=CC(c8ccccc8)=CC7)cc6c6ccccc6c5c4)cc3)C2C=C1. The van der Waals surface area contributed by atoms with Gasteiger partial charge >= 0.3 is 0 Å². The number of hydrogen-bond acceptors (Lipinski definition) is 2. The van der Waals surface area contributed by atoms with Gasteiger partial charge in [-0.05, 0) is 126 Å². The Kier molecular flexibility index (Phi) is 8.81. The zero-order valence-corrected chi connectivity index (χ0v) is 34.4. The number of rotatable bonds is 7. The van der Waals surface area contributed by atoms with Gasteiger partial charge in [-0.15, -0.1) is 0 Å². The molecular weight excluding hydrogens is 749 g/mol. The second kappa shape index (κ2) is 15.1. The summed E-state index contributed by atoms with van der Waals surface area (Å²) in [6.07, 6.45) is 17.0. The van der Waals surface area contributed by atoms with E-state index in [9.17, 15) is 0 Å². The molecule has 9 aromatic rings. The van der Waals surface area contributed by atoms with Crippen LogP contribution in [0.1, 0.15) is 23.5 Å². The highest BCUT2D eigenvalue weighted by Gasteiger charge is 2.37. The molecule has 0 N–H and O–H groups in total. The van der Waals surface area contributed by atoms with Crippen LogP contribution < -0.4 is 9.80 Å². The fourth-order valence-corrected chi connectivity index (χ4v) is 10.3. The van der Waals surface area contributed by atoms with Crippen LogP contribution in [0.4, 0.5) is 22.7 Å². The first-order chi connectivity index (χ1) is 30.7. The Labute approximate surface area is 363 Å². The average molecular weight is 793 g/mol. The molecule has 294 valence electrons. The molecular formula is C60H44N2. The van der Waals surface area contributed by atoms with Crippen LogP contribution in [-0.2, 0) is 0 Å². The van der Waals surface area contributed by atoms with Gasteiger partial charge < -0.3 is 9.80 Å². The molecule has 3 aliphatic rings. The van der Waals surface area contributed by atoms with Crippen molar-refractivity contribution in [3.05, 3.63) is 248 Å². The lowest BCUT2D eigenvalue weighted by atomic mass is 9.91. The molecule has 2 aliphatic carbocycles. The molecule has 62 heavy (non-hydrogen) atoms. The van der Waals surface area contributed by atoms with Gasteiger partial charge in [0.25, 0.3) is 0 Å². The summed E-state index contributed by atoms with van der Waals surface area (Å²) >= 11 is 0. The maximum Gasteiger partial charge on any atom is 0.0629 e. The molecule has 2 heteroatoms. The Morgan fingerprint density at radius 2 is 0.984 bits per heavy atom. The lowest BCUT2D eigenvalue weighted by Crippen LogP contribution is -2.30. The average Bonchev–Trinajstić information content (AvgIpc) is 3.69. The van der Waals surface area contributed by atoms with Crippen molar-refractivity contribution in [2.75, 3.05) is 9.80 Å². The lowest BCUT2D eigenvalue weighted by Gasteiger charge is -2.34. The minimum atomic E-state index is 0.153. The van der Waals surface area contributed by atoms with Crippen molar-refractivity contribution < 1.29 is 0 Å². The Morgan fingerprint density at radius 3 is 1.73 bits per heavy atom. The molecule has 3 atom stereocenters. The number of fused-ring (bicyclic) bond motifs is 9. The maximum atomic E-state index is 2.52. The Hall–Kier alpha value is -7.68. The van der Waals surface area contributed by atoms with E-state index in [0.29, 0.717) is 12.0 Å². The summed E-state index contributed by atoms with van der Waals surface area (Å²) in [5.41, 5.74) is 13.7. The van der Waals surface area contributed by atoms with Crippen LogP contribution in [0.5, 0.6) is 0 Å². The molecule has 0 radical (unpaired) electrons. The summed E-state index contributed by atoms with van der Waals surface area (Å²) in [5.74, 6) is 0.375. The Balaban J connectivity index is 0.926. The van der Waals surface area contributed by atoms with Crippen LogP contribution in [0, 0.1) is 0 Å². The van der Waals surface area contributed by atoms with Crippen LogP contribution in [0.3, 0.4) is 0 Å². The van der Waals surface area contributed by atoms with E-state index in [1.54, 1.807) is 0 Å². The zero-order chi connectivity index (χ0) is 41.0. The molecule has 0 spiro atoms. The van der Waals surface area contributed by atoms with Crippen LogP contribution in [0.25, 0.3) is 60.1 Å². The van der Waals surface area contributed by atoms with E-state index in [0.717, 1.165) is 6.42 Å². The maximum absolute atomic E-state index is 2.52. The van der Waals surface area contributed by atoms with E-state index in [-0.39, 0.29) is 6.04 Å². The van der Waals surface area contributed by atoms with Crippen LogP contribution in [0.2, 0.25) is 0 Å². The van der Waals surface area contributed by atoms with Gasteiger partial charge in [-0.2, -0.15) is 0 Å². The van der Waals surface area contributed by atoms with Gasteiger partial charge in [-0.25, -0.2) is 0 Å². The van der Waals surface area contributed by atoms with Crippen molar-refractivity contribution in [2.24, 2.45) is 0 Å². The molecule has 0 saturated carbocycles. The monoisotopic (exact) mass is 792 g/mol. The van der Waals surface area contributed by atoms with Gasteiger partial charge in [0.15, 0.2) is 0 Å². The number of benzene rings is 9. The minimum Gasteiger partial charge on any atom is -0.334 e. The molecule has 0 aromatic heterocycles. The highest BCUT2D eigenvalue weighted by atomic mass is 15.2. The summed E-state index contributed by atoms with van der Waals surface area (Å²) in [6, 6.07) is 72.1. The van der Waals surface area contributed by atoms with Gasteiger partial charge in [0.05, 0.1) is 12.1 Å². The summed E-state index contributed by atoms with van der Waals surface area (Å²) in [4.78, 5) is 5.03. The second-order valence-corrected chi connectivity index (χ2v) is 16.8. The molecule has 1 aliphatic heterocycles. The smallest absolute Gasteiger partial charge is 0.0629 e. The topological polar surface area (TPSA) is 6.48 Å². The summed E-state index contributed by atoms with van der Waals surface area (Å²) < 4.78 is 0. The van der Waals surface area contributed by atoms with Crippen molar-refractivity contribution in [2.45, 2.75) is 24.4 Å². The molecule has 12 rings (SSSR count). The van der Waals surface area contributed by atoms with Gasteiger partial charge in [0.1, 0.15) is 0 Å². The summed E-state index contributed by atoms with van der Waals surface area (Å²) in [5, 5.41) is 7.63. The van der Waals surface area contributed by atoms with Crippen LogP contribution in [-0.4, -0.2) is 12.1 Å². The first-order valence-corrected chi connectivity index (χ1v) is 21.9. The summed E-state index contributed by atoms with van der Waals surface area (Å²) in [6.45, 7) is 0. The van der Waals surface area contributed by atoms with Crippen molar-refractivity contribution >= 4 is 60.6 Å². The number of para-hydroxylation sites is 1. The van der Waals surface area contributed by atoms with Crippen molar-refractivity contribution in [3.63, 3.8) is 0 Å². The van der Waals surface area contributed by atoms with Gasteiger partial charge in [0.2, 0.25) is 0 Å². The van der Waals surface area contributed by atoms with Crippen molar-refractivity contribution in [1.82, 2.24) is 0 Å². The predicted molar refractivity (Wildman–Crippen MR) is 264 cm³/mol. The zero-order valence-electron chi connectivity index (χ0n) is 34.4. The quantitative estimate of drug-likeness (QED) is 0.148. The lowest BCUT2D eigenvalue weighted by molar-refractivity contribution is 0.745. The van der Waals surface area contributed by atoms with Crippen molar-refractivity contribution in [3.8, 4) is 22.3 Å². The van der Waals surface area contributed by atoms with Gasteiger partial charge in [-0.1, -0.05) is 188 Å². The first kappa shape index (κ1) is 36.2. The highest BCUT2D eigenvalue weighted by molar-refractivity contribution is 6.26. The standard InChI is InChI=1S/C60H44N2/c1-3-13-41(14-4-1)43-23-30-47(31-24-43)61(48-32-25-44(26-33-48)42-15-5-2-6-16-42)50-36-38-54-53-37-29-46(39-57(53)51-17-7-8-18-52(51)58(54)40-50)45-27-34-49(35-28-45)62-59-21-11-9-19-55(59)56-20-10-12-22-60(56)62/h1-32,34-40,48,55,59H,33H2. The number of allylic oxidation sites excluding steroid dienone is 4. The molecule has 0 bridgehead atoms. The molecule has 9 aromatic carbocycles. The fourth-order valence-electron chi connectivity index (χ4n) is 10.3. The van der Waals surface area contributed by atoms with E-state index in [1.165, 1.54) is 94.0 Å². The Bertz CT molecular complexity index is 3240. The molecule has 2 nitrogen and oxygen atoms in total. The molecule has 3 unspecified atom stereocenters. The van der Waals surface area contributed by atoms with E-state index >= 15 is 0 Å². The van der Waals surface area contributed by atoms with Crippen molar-refractivity contribution in [1.29, 1.82) is 0 Å². The fraction of sp³-hybridized carbons (Fsp3) is 0.0667. The third-order valence-electron chi connectivity index (χ3n) is 13.3. The number of hydrogen-bond donors (Lipinski definition) is 0. The Morgan fingerprint density at radius 1 is 0.419 bits per heavy atom. The minimum absolute atomic E-state index is 0.153. The molecule has 1 heterocycles. The summed E-state index contributed by atoms with van der Waals surface area (Å²) in [7, 11) is 0. The van der Waals surface area contributed by atoms with E-state index < -0.39 is 0 Å². The molecule has 0 amide bonds. The second-order valence-electron chi connectivity index (χ2n) is 16.8. The van der Waals surface area contributed by atoms with Crippen LogP contribution >= 0.6 is 0 Å². The van der Waals surface area contributed by atoms with Gasteiger partial charge in [0, 0.05) is 28.7 Å². The normalized spacial score (nSPS) is 17.6. The highest BCUT2D eigenvalue weighted by Crippen LogP contribution is 2.48. The third kappa shape index (κ3) is 6.18. The molecule has 0 saturated heterocycles. The first-order valence-electron chi connectivity index (χ1n) is 21.9. The number of anilines is 4.